The number of aromatic nitrogens is 2. The summed E-state index contributed by atoms with van der Waals surface area (Å²) < 4.78 is 7.36. The molecule has 0 aliphatic rings. The van der Waals surface area contributed by atoms with E-state index in [0.29, 0.717) is 12.0 Å². The summed E-state index contributed by atoms with van der Waals surface area (Å²) in [7, 11) is 1.77. The van der Waals surface area contributed by atoms with E-state index in [9.17, 15) is 0 Å². The van der Waals surface area contributed by atoms with Crippen molar-refractivity contribution in [3.05, 3.63) is 23.5 Å². The molecule has 20 heavy (non-hydrogen) atoms. The Labute approximate surface area is 125 Å². The van der Waals surface area contributed by atoms with Crippen LogP contribution >= 0.6 is 11.3 Å². The van der Waals surface area contributed by atoms with Crippen molar-refractivity contribution < 1.29 is 4.74 Å². The molecule has 0 aliphatic heterocycles. The topological polar surface area (TPSA) is 38.6 Å². The molecule has 0 bridgehead atoms. The maximum atomic E-state index is 5.25. The Hall–Kier alpha value is -0.910. The Bertz CT molecular complexity index is 479. The minimum absolute atomic E-state index is 0.477. The van der Waals surface area contributed by atoms with Gasteiger partial charge in [-0.25, -0.2) is 4.98 Å². The molecule has 0 fully saturated rings. The minimum Gasteiger partial charge on any atom is -0.384 e. The maximum absolute atomic E-state index is 5.25. The first-order valence-electron chi connectivity index (χ1n) is 7.36. The lowest BCUT2D eigenvalue weighted by molar-refractivity contribution is 0.149. The van der Waals surface area contributed by atoms with Crippen LogP contribution in [0.3, 0.4) is 0 Å². The van der Waals surface area contributed by atoms with E-state index in [0.717, 1.165) is 37.4 Å². The maximum Gasteiger partial charge on any atom is 0.193 e. The first-order chi connectivity index (χ1) is 9.72. The van der Waals surface area contributed by atoms with Crippen LogP contribution < -0.4 is 5.32 Å². The zero-order chi connectivity index (χ0) is 14.4. The molecule has 0 radical (unpaired) electrons. The molecule has 2 aromatic rings. The fourth-order valence-electron chi connectivity index (χ4n) is 2.55. The molecule has 1 N–H and O–H groups in total. The number of methoxy groups -OCH3 is 1. The molecule has 0 aromatic carbocycles. The summed E-state index contributed by atoms with van der Waals surface area (Å²) in [5.74, 6) is 0.568. The summed E-state index contributed by atoms with van der Waals surface area (Å²) >= 11 is 1.69. The van der Waals surface area contributed by atoms with E-state index in [1.807, 2.05) is 0 Å². The molecule has 2 rings (SSSR count). The fraction of sp³-hybridized carbons (Fsp3) is 0.667. The number of hydrogen-bond acceptors (Lipinski definition) is 4. The van der Waals surface area contributed by atoms with Gasteiger partial charge in [-0.05, 0) is 25.3 Å². The van der Waals surface area contributed by atoms with Crippen molar-refractivity contribution >= 4 is 16.3 Å². The van der Waals surface area contributed by atoms with Crippen LogP contribution in [0.4, 0.5) is 0 Å². The van der Waals surface area contributed by atoms with Crippen molar-refractivity contribution in [3.63, 3.8) is 0 Å². The van der Waals surface area contributed by atoms with Crippen LogP contribution in [0.25, 0.3) is 4.96 Å². The van der Waals surface area contributed by atoms with Crippen molar-refractivity contribution in [2.24, 2.45) is 5.92 Å². The van der Waals surface area contributed by atoms with E-state index in [4.69, 9.17) is 4.74 Å². The summed E-state index contributed by atoms with van der Waals surface area (Å²) in [4.78, 5) is 5.77. The van der Waals surface area contributed by atoms with Gasteiger partial charge in [-0.3, -0.25) is 4.40 Å². The van der Waals surface area contributed by atoms with Crippen LogP contribution in [0, 0.1) is 5.92 Å². The number of nitrogens with one attached hydrogen (secondary N) is 1. The highest BCUT2D eigenvalue weighted by molar-refractivity contribution is 7.15. The van der Waals surface area contributed by atoms with Gasteiger partial charge in [0.25, 0.3) is 0 Å². The predicted octanol–water partition coefficient (Wildman–Crippen LogP) is 2.98. The standard InChI is InChI=1S/C15H25N3OS/c1-4-5-16-13(8-12(2)11-19-3)9-14-10-18-6-7-20-15(18)17-14/h6-7,10,12-13,16H,4-5,8-9,11H2,1-3H3. The summed E-state index contributed by atoms with van der Waals surface area (Å²) in [6.45, 7) is 6.33. The molecule has 2 heterocycles. The molecule has 0 saturated heterocycles. The highest BCUT2D eigenvalue weighted by atomic mass is 32.1. The molecule has 0 spiro atoms. The number of nitrogens with zero attached hydrogens (tertiary/aromatic N) is 2. The minimum atomic E-state index is 0.477. The number of hydrogen-bond donors (Lipinski definition) is 1. The van der Waals surface area contributed by atoms with E-state index in [2.05, 4.69) is 46.3 Å². The molecule has 0 aliphatic carbocycles. The van der Waals surface area contributed by atoms with Crippen LogP contribution in [0.15, 0.2) is 17.8 Å². The van der Waals surface area contributed by atoms with E-state index in [-0.39, 0.29) is 0 Å². The van der Waals surface area contributed by atoms with E-state index >= 15 is 0 Å². The van der Waals surface area contributed by atoms with Crippen molar-refractivity contribution in [1.82, 2.24) is 14.7 Å². The Balaban J connectivity index is 1.96. The molecule has 112 valence electrons. The second-order valence-electron chi connectivity index (χ2n) is 5.48. The van der Waals surface area contributed by atoms with Crippen molar-refractivity contribution in [2.75, 3.05) is 20.3 Å². The van der Waals surface area contributed by atoms with Crippen molar-refractivity contribution in [3.8, 4) is 0 Å². The number of ether oxygens (including phenoxy) is 1. The SMILES string of the molecule is CCCNC(Cc1cn2ccsc2n1)CC(C)COC. The van der Waals surface area contributed by atoms with Gasteiger partial charge in [-0.15, -0.1) is 11.3 Å². The normalized spacial score (nSPS) is 14.8. The summed E-state index contributed by atoms with van der Waals surface area (Å²) in [6, 6.07) is 0.477. The zero-order valence-electron chi connectivity index (χ0n) is 12.6. The molecule has 0 saturated carbocycles. The Morgan fingerprint density at radius 2 is 2.35 bits per heavy atom. The lowest BCUT2D eigenvalue weighted by Gasteiger charge is -2.21. The van der Waals surface area contributed by atoms with Gasteiger partial charge in [-0.1, -0.05) is 13.8 Å². The summed E-state index contributed by atoms with van der Waals surface area (Å²) in [5, 5.41) is 5.71. The van der Waals surface area contributed by atoms with Gasteiger partial charge >= 0.3 is 0 Å². The smallest absolute Gasteiger partial charge is 0.193 e. The lowest BCUT2D eigenvalue weighted by Crippen LogP contribution is -2.34. The second-order valence-corrected chi connectivity index (χ2v) is 6.35. The average Bonchev–Trinajstić information content (AvgIpc) is 2.97. The number of rotatable bonds is 9. The van der Waals surface area contributed by atoms with E-state index < -0.39 is 0 Å². The lowest BCUT2D eigenvalue weighted by atomic mass is 9.99. The molecule has 2 atom stereocenters. The van der Waals surface area contributed by atoms with Crippen LogP contribution in [-0.2, 0) is 11.2 Å². The third kappa shape index (κ3) is 4.30. The van der Waals surface area contributed by atoms with E-state index in [1.54, 1.807) is 18.4 Å². The molecular weight excluding hydrogens is 270 g/mol. The van der Waals surface area contributed by atoms with Gasteiger partial charge in [-0.2, -0.15) is 0 Å². The first-order valence-corrected chi connectivity index (χ1v) is 8.24. The highest BCUT2D eigenvalue weighted by Crippen LogP contribution is 2.15. The van der Waals surface area contributed by atoms with Crippen LogP contribution in [-0.4, -0.2) is 35.7 Å². The van der Waals surface area contributed by atoms with Crippen LogP contribution in [0.2, 0.25) is 0 Å². The number of fused-ring (bicyclic) bond motifs is 1. The summed E-state index contributed by atoms with van der Waals surface area (Å²) in [6.07, 6.45) is 7.49. The molecule has 4 nitrogen and oxygen atoms in total. The third-order valence-corrected chi connectivity index (χ3v) is 4.19. The fourth-order valence-corrected chi connectivity index (χ4v) is 3.27. The number of thiazole rings is 1. The first kappa shape index (κ1) is 15.5. The monoisotopic (exact) mass is 295 g/mol. The highest BCUT2D eigenvalue weighted by Gasteiger charge is 2.15. The zero-order valence-corrected chi connectivity index (χ0v) is 13.4. The van der Waals surface area contributed by atoms with Crippen LogP contribution in [0.5, 0.6) is 0 Å². The van der Waals surface area contributed by atoms with Gasteiger partial charge in [0, 0.05) is 44.0 Å². The largest absolute Gasteiger partial charge is 0.384 e. The number of imidazole rings is 1. The quantitative estimate of drug-likeness (QED) is 0.773. The molecular formula is C15H25N3OS. The van der Waals surface area contributed by atoms with Crippen molar-refractivity contribution in [1.29, 1.82) is 0 Å². The van der Waals surface area contributed by atoms with Gasteiger partial charge in [0.15, 0.2) is 4.96 Å². The average molecular weight is 295 g/mol. The van der Waals surface area contributed by atoms with Gasteiger partial charge in [0.05, 0.1) is 5.69 Å². The Morgan fingerprint density at radius 3 is 3.05 bits per heavy atom. The molecule has 5 heteroatoms. The molecule has 2 unspecified atom stereocenters. The van der Waals surface area contributed by atoms with Gasteiger partial charge in [0.1, 0.15) is 0 Å². The Morgan fingerprint density at radius 1 is 1.50 bits per heavy atom. The molecule has 2 aromatic heterocycles. The Kier molecular flexibility index (Phi) is 6.01. The van der Waals surface area contributed by atoms with Crippen molar-refractivity contribution in [2.45, 2.75) is 39.2 Å². The van der Waals surface area contributed by atoms with Gasteiger partial charge in [0.2, 0.25) is 0 Å². The summed E-state index contributed by atoms with van der Waals surface area (Å²) in [5.41, 5.74) is 1.18. The third-order valence-electron chi connectivity index (χ3n) is 3.42. The molecule has 0 amide bonds. The van der Waals surface area contributed by atoms with E-state index in [1.165, 1.54) is 5.69 Å². The second kappa shape index (κ2) is 7.76. The van der Waals surface area contributed by atoms with Gasteiger partial charge < -0.3 is 10.1 Å². The van der Waals surface area contributed by atoms with Crippen LogP contribution in [0.1, 0.15) is 32.4 Å². The predicted molar refractivity (Wildman–Crippen MR) is 84.5 cm³/mol.